The second-order valence-corrected chi connectivity index (χ2v) is 6.70. The molecule has 0 aromatic heterocycles. The first kappa shape index (κ1) is 15.5. The van der Waals surface area contributed by atoms with Gasteiger partial charge in [0, 0.05) is 35.2 Å². The fourth-order valence-electron chi connectivity index (χ4n) is 2.56. The highest BCUT2D eigenvalue weighted by atomic mass is 79.9. The normalized spacial score (nSPS) is 17.4. The van der Waals surface area contributed by atoms with E-state index in [1.165, 1.54) is 0 Å². The average molecular weight is 339 g/mol. The number of benzene rings is 1. The SMILES string of the molecule is Cc1ccc(C(=O)NC2CCN(C(C)C)CC2)cc1Br. The van der Waals surface area contributed by atoms with Crippen molar-refractivity contribution < 1.29 is 4.79 Å². The molecule has 110 valence electrons. The third-order valence-electron chi connectivity index (χ3n) is 4.03. The molecule has 0 saturated carbocycles. The number of nitrogens with zero attached hydrogens (tertiary/aromatic N) is 1. The number of halogens is 1. The lowest BCUT2D eigenvalue weighted by Gasteiger charge is -2.34. The molecule has 1 aromatic rings. The molecule has 3 nitrogen and oxygen atoms in total. The predicted octanol–water partition coefficient (Wildman–Crippen LogP) is 3.36. The summed E-state index contributed by atoms with van der Waals surface area (Å²) in [5.41, 5.74) is 1.88. The highest BCUT2D eigenvalue weighted by molar-refractivity contribution is 9.10. The molecule has 1 saturated heterocycles. The van der Waals surface area contributed by atoms with Crippen LogP contribution in [0.2, 0.25) is 0 Å². The van der Waals surface area contributed by atoms with Gasteiger partial charge in [-0.15, -0.1) is 0 Å². The van der Waals surface area contributed by atoms with Crippen molar-refractivity contribution in [3.8, 4) is 0 Å². The van der Waals surface area contributed by atoms with E-state index < -0.39 is 0 Å². The molecule has 1 N–H and O–H groups in total. The summed E-state index contributed by atoms with van der Waals surface area (Å²) >= 11 is 3.48. The highest BCUT2D eigenvalue weighted by Crippen LogP contribution is 2.18. The van der Waals surface area contributed by atoms with Crippen molar-refractivity contribution in [1.82, 2.24) is 10.2 Å². The van der Waals surface area contributed by atoms with Gasteiger partial charge in [0.2, 0.25) is 0 Å². The van der Waals surface area contributed by atoms with Gasteiger partial charge in [0.1, 0.15) is 0 Å². The van der Waals surface area contributed by atoms with Crippen molar-refractivity contribution in [2.24, 2.45) is 0 Å². The number of likely N-dealkylation sites (tertiary alicyclic amines) is 1. The summed E-state index contributed by atoms with van der Waals surface area (Å²) < 4.78 is 0.986. The van der Waals surface area contributed by atoms with Crippen LogP contribution in [0.3, 0.4) is 0 Å². The van der Waals surface area contributed by atoms with Gasteiger partial charge in [-0.05, 0) is 51.3 Å². The number of hydrogen-bond acceptors (Lipinski definition) is 2. The largest absolute Gasteiger partial charge is 0.349 e. The molecule has 2 rings (SSSR count). The van der Waals surface area contributed by atoms with Crippen molar-refractivity contribution in [2.45, 2.75) is 45.7 Å². The average Bonchev–Trinajstić information content (AvgIpc) is 2.42. The topological polar surface area (TPSA) is 32.3 Å². The van der Waals surface area contributed by atoms with Crippen molar-refractivity contribution in [2.75, 3.05) is 13.1 Å². The lowest BCUT2D eigenvalue weighted by atomic mass is 10.0. The quantitative estimate of drug-likeness (QED) is 0.916. The molecule has 0 radical (unpaired) electrons. The Kier molecular flexibility index (Phi) is 5.22. The van der Waals surface area contributed by atoms with Crippen molar-refractivity contribution in [3.05, 3.63) is 33.8 Å². The molecule has 1 aromatic carbocycles. The zero-order chi connectivity index (χ0) is 14.7. The van der Waals surface area contributed by atoms with Gasteiger partial charge in [0.05, 0.1) is 0 Å². The number of rotatable bonds is 3. The van der Waals surface area contributed by atoms with Gasteiger partial charge in [-0.3, -0.25) is 4.79 Å². The van der Waals surface area contributed by atoms with Gasteiger partial charge >= 0.3 is 0 Å². The van der Waals surface area contributed by atoms with Gasteiger partial charge in [0.25, 0.3) is 5.91 Å². The first-order valence-corrected chi connectivity index (χ1v) is 8.07. The van der Waals surface area contributed by atoms with Crippen LogP contribution in [0.5, 0.6) is 0 Å². The molecule has 0 aliphatic carbocycles. The Labute approximate surface area is 129 Å². The first-order valence-electron chi connectivity index (χ1n) is 7.28. The zero-order valence-electron chi connectivity index (χ0n) is 12.4. The summed E-state index contributed by atoms with van der Waals surface area (Å²) in [6.07, 6.45) is 2.08. The summed E-state index contributed by atoms with van der Waals surface area (Å²) in [7, 11) is 0. The number of piperidine rings is 1. The van der Waals surface area contributed by atoms with Gasteiger partial charge < -0.3 is 10.2 Å². The fraction of sp³-hybridized carbons (Fsp3) is 0.562. The van der Waals surface area contributed by atoms with E-state index >= 15 is 0 Å². The van der Waals surface area contributed by atoms with Gasteiger partial charge in [-0.1, -0.05) is 22.0 Å². The second-order valence-electron chi connectivity index (χ2n) is 5.84. The highest BCUT2D eigenvalue weighted by Gasteiger charge is 2.22. The molecular formula is C16H23BrN2O. The minimum atomic E-state index is 0.0358. The summed E-state index contributed by atoms with van der Waals surface area (Å²) in [4.78, 5) is 14.7. The number of carbonyl (C=O) groups excluding carboxylic acids is 1. The Balaban J connectivity index is 1.91. The Hall–Kier alpha value is -0.870. The molecule has 1 aliphatic rings. The van der Waals surface area contributed by atoms with Crippen LogP contribution in [0.25, 0.3) is 0 Å². The molecule has 0 unspecified atom stereocenters. The molecule has 1 aliphatic heterocycles. The molecule has 0 spiro atoms. The number of amides is 1. The smallest absolute Gasteiger partial charge is 0.251 e. The zero-order valence-corrected chi connectivity index (χ0v) is 14.0. The molecule has 1 amide bonds. The van der Waals surface area contributed by atoms with Gasteiger partial charge in [-0.2, -0.15) is 0 Å². The van der Waals surface area contributed by atoms with E-state index in [1.807, 2.05) is 25.1 Å². The van der Waals surface area contributed by atoms with E-state index in [0.29, 0.717) is 12.1 Å². The van der Waals surface area contributed by atoms with Crippen LogP contribution in [-0.4, -0.2) is 36.0 Å². The summed E-state index contributed by atoms with van der Waals surface area (Å²) in [5, 5.41) is 3.15. The van der Waals surface area contributed by atoms with E-state index in [1.54, 1.807) is 0 Å². The van der Waals surface area contributed by atoms with Gasteiger partial charge in [0.15, 0.2) is 0 Å². The van der Waals surface area contributed by atoms with E-state index in [-0.39, 0.29) is 5.91 Å². The first-order chi connectivity index (χ1) is 9.47. The van der Waals surface area contributed by atoms with Crippen LogP contribution in [0.4, 0.5) is 0 Å². The number of aryl methyl sites for hydroxylation is 1. The maximum Gasteiger partial charge on any atom is 0.251 e. The van der Waals surface area contributed by atoms with Crippen LogP contribution < -0.4 is 5.32 Å². The van der Waals surface area contributed by atoms with Crippen LogP contribution in [0.1, 0.15) is 42.6 Å². The van der Waals surface area contributed by atoms with E-state index in [4.69, 9.17) is 0 Å². The maximum atomic E-state index is 12.2. The standard InChI is InChI=1S/C16H23BrN2O/c1-11(2)19-8-6-14(7-9-19)18-16(20)13-5-4-12(3)15(17)10-13/h4-5,10-11,14H,6-9H2,1-3H3,(H,18,20). The minimum absolute atomic E-state index is 0.0358. The Morgan fingerprint density at radius 2 is 2.00 bits per heavy atom. The van der Waals surface area contributed by atoms with E-state index in [2.05, 4.69) is 40.0 Å². The Bertz CT molecular complexity index is 479. The molecule has 20 heavy (non-hydrogen) atoms. The summed E-state index contributed by atoms with van der Waals surface area (Å²) in [6.45, 7) is 8.61. The van der Waals surface area contributed by atoms with Crippen molar-refractivity contribution in [3.63, 3.8) is 0 Å². The monoisotopic (exact) mass is 338 g/mol. The molecule has 1 heterocycles. The molecular weight excluding hydrogens is 316 g/mol. The van der Waals surface area contributed by atoms with Crippen molar-refractivity contribution >= 4 is 21.8 Å². The molecule has 0 bridgehead atoms. The van der Waals surface area contributed by atoms with E-state index in [0.717, 1.165) is 41.5 Å². The molecule has 0 atom stereocenters. The van der Waals surface area contributed by atoms with Crippen LogP contribution in [-0.2, 0) is 0 Å². The Morgan fingerprint density at radius 3 is 2.55 bits per heavy atom. The minimum Gasteiger partial charge on any atom is -0.349 e. The number of hydrogen-bond donors (Lipinski definition) is 1. The van der Waals surface area contributed by atoms with Crippen LogP contribution in [0, 0.1) is 6.92 Å². The number of nitrogens with one attached hydrogen (secondary N) is 1. The second kappa shape index (κ2) is 6.72. The van der Waals surface area contributed by atoms with E-state index in [9.17, 15) is 4.79 Å². The summed E-state index contributed by atoms with van der Waals surface area (Å²) in [6, 6.07) is 6.66. The third-order valence-corrected chi connectivity index (χ3v) is 4.88. The predicted molar refractivity (Wildman–Crippen MR) is 86.1 cm³/mol. The number of carbonyl (C=O) groups is 1. The van der Waals surface area contributed by atoms with Crippen LogP contribution in [0.15, 0.2) is 22.7 Å². The maximum absolute atomic E-state index is 12.2. The molecule has 1 fully saturated rings. The Morgan fingerprint density at radius 1 is 1.35 bits per heavy atom. The lowest BCUT2D eigenvalue weighted by Crippen LogP contribution is -2.46. The fourth-order valence-corrected chi connectivity index (χ4v) is 2.94. The molecule has 4 heteroatoms. The van der Waals surface area contributed by atoms with Gasteiger partial charge in [-0.25, -0.2) is 0 Å². The van der Waals surface area contributed by atoms with Crippen LogP contribution >= 0.6 is 15.9 Å². The lowest BCUT2D eigenvalue weighted by molar-refractivity contribution is 0.0900. The third kappa shape index (κ3) is 3.83. The van der Waals surface area contributed by atoms with Crippen molar-refractivity contribution in [1.29, 1.82) is 0 Å². The summed E-state index contributed by atoms with van der Waals surface area (Å²) in [5.74, 6) is 0.0358.